The molecule has 1 heterocycles. The molecule has 0 saturated heterocycles. The second-order valence-electron chi connectivity index (χ2n) is 7.25. The fourth-order valence-corrected chi connectivity index (χ4v) is 4.07. The number of hydrogen-bond donors (Lipinski definition) is 1. The summed E-state index contributed by atoms with van der Waals surface area (Å²) in [6.45, 7) is 1.00. The summed E-state index contributed by atoms with van der Waals surface area (Å²) < 4.78 is 49.8. The minimum absolute atomic E-state index is 0.00750. The van der Waals surface area contributed by atoms with Crippen LogP contribution in [0.15, 0.2) is 42.5 Å². The first-order valence-corrected chi connectivity index (χ1v) is 11.6. The van der Waals surface area contributed by atoms with Crippen molar-refractivity contribution in [2.24, 2.45) is 0 Å². The lowest BCUT2D eigenvalue weighted by Gasteiger charge is -2.31. The normalized spacial score (nSPS) is 13.4. The Morgan fingerprint density at radius 1 is 1.12 bits per heavy atom. The van der Waals surface area contributed by atoms with Gasteiger partial charge in [-0.3, -0.25) is 13.9 Å². The molecule has 1 aliphatic rings. The number of halogens is 1. The van der Waals surface area contributed by atoms with Crippen LogP contribution in [-0.2, 0) is 26.2 Å². The van der Waals surface area contributed by atoms with Gasteiger partial charge in [0, 0.05) is 19.7 Å². The van der Waals surface area contributed by atoms with Crippen LogP contribution < -0.4 is 19.1 Å². The van der Waals surface area contributed by atoms with Gasteiger partial charge in [0.25, 0.3) is 0 Å². The van der Waals surface area contributed by atoms with Crippen molar-refractivity contribution in [1.29, 1.82) is 0 Å². The molecule has 2 aromatic carbocycles. The highest BCUT2D eigenvalue weighted by atomic mass is 32.2. The van der Waals surface area contributed by atoms with E-state index in [2.05, 4.69) is 5.32 Å². The van der Waals surface area contributed by atoms with E-state index in [0.29, 0.717) is 17.1 Å². The number of sulfonamides is 1. The molecule has 0 spiro atoms. The number of hydrogen-bond acceptors (Lipinski definition) is 6. The summed E-state index contributed by atoms with van der Waals surface area (Å²) in [6.07, 6.45) is 0.983. The molecule has 0 fully saturated rings. The Morgan fingerprint density at radius 2 is 1.78 bits per heavy atom. The van der Waals surface area contributed by atoms with E-state index in [1.807, 2.05) is 0 Å². The maximum absolute atomic E-state index is 13.3. The lowest BCUT2D eigenvalue weighted by molar-refractivity contribution is -0.139. The molecule has 2 aromatic rings. The Morgan fingerprint density at radius 3 is 2.41 bits per heavy atom. The molecule has 0 bridgehead atoms. The second-order valence-corrected chi connectivity index (χ2v) is 9.15. The molecule has 1 N–H and O–H groups in total. The number of likely N-dealkylation sites (N-methyl/N-ethyl adjacent to an activating group) is 1. The van der Waals surface area contributed by atoms with Gasteiger partial charge in [0.15, 0.2) is 11.5 Å². The second kappa shape index (κ2) is 9.43. The van der Waals surface area contributed by atoms with Crippen LogP contribution in [0.25, 0.3) is 0 Å². The van der Waals surface area contributed by atoms with Crippen molar-refractivity contribution < 1.29 is 31.9 Å². The van der Waals surface area contributed by atoms with Crippen LogP contribution in [0, 0.1) is 5.82 Å². The molecular formula is C21H24FN3O6S. The maximum atomic E-state index is 13.3. The van der Waals surface area contributed by atoms with Gasteiger partial charge in [-0.1, -0.05) is 12.1 Å². The molecule has 1 atom stereocenters. The summed E-state index contributed by atoms with van der Waals surface area (Å²) in [4.78, 5) is 26.8. The summed E-state index contributed by atoms with van der Waals surface area (Å²) in [5, 5.41) is 2.48. The van der Waals surface area contributed by atoms with Gasteiger partial charge in [-0.05, 0) is 36.8 Å². The van der Waals surface area contributed by atoms with Gasteiger partial charge in [0.2, 0.25) is 28.6 Å². The standard InChI is InChI=1S/C21H24FN3O6S/c1-14(21(27)23-2)24(11-15-4-6-16(22)7-5-15)20(26)12-25(32(3,28)29)17-8-9-18-19(10-17)31-13-30-18/h4-10,14H,11-13H2,1-3H3,(H,23,27)/t14-/m1/s1. The highest BCUT2D eigenvalue weighted by Gasteiger charge is 2.30. The van der Waals surface area contributed by atoms with Gasteiger partial charge in [0.1, 0.15) is 18.4 Å². The Hall–Kier alpha value is -3.34. The average Bonchev–Trinajstić information content (AvgIpc) is 3.23. The van der Waals surface area contributed by atoms with Crippen LogP contribution in [0.1, 0.15) is 12.5 Å². The SMILES string of the molecule is CNC(=O)[C@@H](C)N(Cc1ccc(F)cc1)C(=O)CN(c1ccc2c(c1)OCO2)S(C)(=O)=O. The maximum Gasteiger partial charge on any atom is 0.244 e. The zero-order chi connectivity index (χ0) is 23.5. The third-order valence-electron chi connectivity index (χ3n) is 5.00. The van der Waals surface area contributed by atoms with Gasteiger partial charge in [-0.15, -0.1) is 0 Å². The minimum Gasteiger partial charge on any atom is -0.454 e. The van der Waals surface area contributed by atoms with Crippen LogP contribution >= 0.6 is 0 Å². The third kappa shape index (κ3) is 5.28. The smallest absolute Gasteiger partial charge is 0.244 e. The number of carbonyl (C=O) groups is 2. The van der Waals surface area contributed by atoms with E-state index in [1.54, 1.807) is 6.07 Å². The predicted molar refractivity (Wildman–Crippen MR) is 115 cm³/mol. The van der Waals surface area contributed by atoms with E-state index in [4.69, 9.17) is 9.47 Å². The van der Waals surface area contributed by atoms with Gasteiger partial charge in [0.05, 0.1) is 11.9 Å². The van der Waals surface area contributed by atoms with E-state index in [0.717, 1.165) is 10.6 Å². The molecule has 3 rings (SSSR count). The average molecular weight is 466 g/mol. The molecule has 0 saturated carbocycles. The van der Waals surface area contributed by atoms with Crippen molar-refractivity contribution in [3.63, 3.8) is 0 Å². The zero-order valence-corrected chi connectivity index (χ0v) is 18.7. The van der Waals surface area contributed by atoms with Gasteiger partial charge < -0.3 is 19.7 Å². The number of fused-ring (bicyclic) bond motifs is 1. The molecule has 172 valence electrons. The minimum atomic E-state index is -3.85. The lowest BCUT2D eigenvalue weighted by Crippen LogP contribution is -2.50. The Kier molecular flexibility index (Phi) is 6.87. The Labute approximate surface area is 185 Å². The fraction of sp³-hybridized carbons (Fsp3) is 0.333. The summed E-state index contributed by atoms with van der Waals surface area (Å²) >= 11 is 0. The first-order valence-electron chi connectivity index (χ1n) is 9.73. The van der Waals surface area contributed by atoms with Gasteiger partial charge in [-0.2, -0.15) is 0 Å². The monoisotopic (exact) mass is 465 g/mol. The number of nitrogens with one attached hydrogen (secondary N) is 1. The molecule has 0 radical (unpaired) electrons. The fourth-order valence-electron chi connectivity index (χ4n) is 3.23. The topological polar surface area (TPSA) is 105 Å². The number of carbonyl (C=O) groups excluding carboxylic acids is 2. The van der Waals surface area contributed by atoms with E-state index in [-0.39, 0.29) is 19.0 Å². The Balaban J connectivity index is 1.90. The molecule has 1 aliphatic heterocycles. The van der Waals surface area contributed by atoms with Crippen molar-refractivity contribution in [1.82, 2.24) is 10.2 Å². The quantitative estimate of drug-likeness (QED) is 0.633. The van der Waals surface area contributed by atoms with Gasteiger partial charge in [-0.25, -0.2) is 12.8 Å². The largest absolute Gasteiger partial charge is 0.454 e. The van der Waals surface area contributed by atoms with Crippen LogP contribution in [0.4, 0.5) is 10.1 Å². The molecule has 0 aromatic heterocycles. The van der Waals surface area contributed by atoms with Gasteiger partial charge >= 0.3 is 0 Å². The summed E-state index contributed by atoms with van der Waals surface area (Å²) in [6, 6.07) is 9.14. The summed E-state index contributed by atoms with van der Waals surface area (Å²) in [5.74, 6) is -0.620. The van der Waals surface area contributed by atoms with Crippen LogP contribution in [0.5, 0.6) is 11.5 Å². The van der Waals surface area contributed by atoms with Crippen LogP contribution in [0.2, 0.25) is 0 Å². The zero-order valence-electron chi connectivity index (χ0n) is 17.9. The molecule has 0 aliphatic carbocycles. The first-order chi connectivity index (χ1) is 15.1. The Bertz CT molecular complexity index is 1110. The predicted octanol–water partition coefficient (Wildman–Crippen LogP) is 1.48. The van der Waals surface area contributed by atoms with E-state index >= 15 is 0 Å². The molecular weight excluding hydrogens is 441 g/mol. The van der Waals surface area contributed by atoms with E-state index in [9.17, 15) is 22.4 Å². The van der Waals surface area contributed by atoms with E-state index in [1.165, 1.54) is 55.3 Å². The van der Waals surface area contributed by atoms with Crippen LogP contribution in [0.3, 0.4) is 0 Å². The third-order valence-corrected chi connectivity index (χ3v) is 6.14. The van der Waals surface area contributed by atoms with Crippen LogP contribution in [-0.4, -0.2) is 57.8 Å². The van der Waals surface area contributed by atoms with Crippen molar-refractivity contribution in [2.75, 3.05) is 30.9 Å². The number of anilines is 1. The van der Waals surface area contributed by atoms with Crippen molar-refractivity contribution in [3.05, 3.63) is 53.8 Å². The van der Waals surface area contributed by atoms with Crippen molar-refractivity contribution in [3.8, 4) is 11.5 Å². The van der Waals surface area contributed by atoms with Crippen molar-refractivity contribution in [2.45, 2.75) is 19.5 Å². The number of rotatable bonds is 8. The summed E-state index contributed by atoms with van der Waals surface area (Å²) in [5.41, 5.74) is 0.809. The number of benzene rings is 2. The lowest BCUT2D eigenvalue weighted by atomic mass is 10.1. The molecule has 9 nitrogen and oxygen atoms in total. The number of nitrogens with zero attached hydrogens (tertiary/aromatic N) is 2. The first kappa shape index (κ1) is 23.3. The highest BCUT2D eigenvalue weighted by Crippen LogP contribution is 2.36. The van der Waals surface area contributed by atoms with E-state index < -0.39 is 40.2 Å². The molecule has 0 unspecified atom stereocenters. The number of amides is 2. The highest BCUT2D eigenvalue weighted by molar-refractivity contribution is 7.92. The molecule has 2 amide bonds. The number of ether oxygens (including phenoxy) is 2. The summed E-state index contributed by atoms with van der Waals surface area (Å²) in [7, 11) is -2.42. The van der Waals surface area contributed by atoms with Crippen molar-refractivity contribution >= 4 is 27.5 Å². The molecule has 11 heteroatoms. The molecule has 32 heavy (non-hydrogen) atoms.